The van der Waals surface area contributed by atoms with Gasteiger partial charge in [-0.2, -0.15) is 4.39 Å². The Morgan fingerprint density at radius 1 is 0.571 bits per heavy atom. The number of hydrogen-bond acceptors (Lipinski definition) is 2. The monoisotopic (exact) mass is 480 g/mol. The fourth-order valence-corrected chi connectivity index (χ4v) is 3.76. The Labute approximate surface area is 201 Å². The average molecular weight is 481 g/mol. The summed E-state index contributed by atoms with van der Waals surface area (Å²) in [5, 5.41) is 0. The summed E-state index contributed by atoms with van der Waals surface area (Å²) in [6.45, 7) is 3.74. The summed E-state index contributed by atoms with van der Waals surface area (Å²) < 4.78 is 68.7. The van der Waals surface area contributed by atoms with Crippen LogP contribution in [0.15, 0.2) is 72.8 Å². The van der Waals surface area contributed by atoms with Crippen LogP contribution in [0.1, 0.15) is 25.0 Å². The predicted molar refractivity (Wildman–Crippen MR) is 128 cm³/mol. The molecule has 2 nitrogen and oxygen atoms in total. The highest BCUT2D eigenvalue weighted by Crippen LogP contribution is 2.31. The first-order valence-electron chi connectivity index (χ1n) is 11.3. The SMILES string of the molecule is CCOc1ccc(-c2ccc(OCc3ccc(-c4ccc(CC)cc4)c(F)c3F)cc2)c(F)c1F. The zero-order chi connectivity index (χ0) is 24.9. The molecule has 0 heterocycles. The highest BCUT2D eigenvalue weighted by molar-refractivity contribution is 5.66. The van der Waals surface area contributed by atoms with E-state index >= 15 is 0 Å². The van der Waals surface area contributed by atoms with Crippen molar-refractivity contribution in [3.8, 4) is 33.8 Å². The van der Waals surface area contributed by atoms with Crippen LogP contribution in [0.4, 0.5) is 17.6 Å². The minimum atomic E-state index is -1.05. The lowest BCUT2D eigenvalue weighted by Crippen LogP contribution is -2.02. The molecule has 0 unspecified atom stereocenters. The maximum Gasteiger partial charge on any atom is 0.201 e. The Balaban J connectivity index is 1.47. The molecule has 0 saturated heterocycles. The van der Waals surface area contributed by atoms with E-state index in [0.717, 1.165) is 12.0 Å². The van der Waals surface area contributed by atoms with Crippen LogP contribution in [0, 0.1) is 23.3 Å². The number of hydrogen-bond donors (Lipinski definition) is 0. The van der Waals surface area contributed by atoms with E-state index in [-0.39, 0.29) is 35.7 Å². The molecule has 4 aromatic carbocycles. The molecule has 0 saturated carbocycles. The lowest BCUT2D eigenvalue weighted by molar-refractivity contribution is 0.297. The van der Waals surface area contributed by atoms with Gasteiger partial charge in [0.15, 0.2) is 23.2 Å². The van der Waals surface area contributed by atoms with E-state index in [2.05, 4.69) is 0 Å². The smallest absolute Gasteiger partial charge is 0.201 e. The van der Waals surface area contributed by atoms with E-state index in [1.165, 1.54) is 24.3 Å². The summed E-state index contributed by atoms with van der Waals surface area (Å²) in [4.78, 5) is 0. The van der Waals surface area contributed by atoms with Crippen molar-refractivity contribution in [3.63, 3.8) is 0 Å². The summed E-state index contributed by atoms with van der Waals surface area (Å²) in [5.74, 6) is -3.73. The third-order valence-electron chi connectivity index (χ3n) is 5.74. The predicted octanol–water partition coefficient (Wildman–Crippen LogP) is 8.12. The van der Waals surface area contributed by atoms with Crippen molar-refractivity contribution in [1.82, 2.24) is 0 Å². The van der Waals surface area contributed by atoms with Gasteiger partial charge in [-0.1, -0.05) is 55.5 Å². The van der Waals surface area contributed by atoms with Crippen LogP contribution in [0.25, 0.3) is 22.3 Å². The van der Waals surface area contributed by atoms with Crippen LogP contribution in [0.3, 0.4) is 0 Å². The molecule has 0 bridgehead atoms. The summed E-state index contributed by atoms with van der Waals surface area (Å²) in [6, 6.07) is 19.4. The van der Waals surface area contributed by atoms with Crippen LogP contribution < -0.4 is 9.47 Å². The Morgan fingerprint density at radius 2 is 1.14 bits per heavy atom. The van der Waals surface area contributed by atoms with Gasteiger partial charge in [-0.3, -0.25) is 0 Å². The molecule has 0 aliphatic heterocycles. The van der Waals surface area contributed by atoms with E-state index < -0.39 is 23.3 Å². The van der Waals surface area contributed by atoms with Crippen LogP contribution in [0.5, 0.6) is 11.5 Å². The molecule has 0 N–H and O–H groups in total. The zero-order valence-corrected chi connectivity index (χ0v) is 19.4. The summed E-state index contributed by atoms with van der Waals surface area (Å²) in [5.41, 5.74) is 2.48. The van der Waals surface area contributed by atoms with Crippen LogP contribution in [-0.4, -0.2) is 6.61 Å². The van der Waals surface area contributed by atoms with Crippen molar-refractivity contribution in [2.75, 3.05) is 6.61 Å². The molecule has 180 valence electrons. The molecule has 4 aromatic rings. The van der Waals surface area contributed by atoms with Gasteiger partial charge in [-0.15, -0.1) is 0 Å². The van der Waals surface area contributed by atoms with Gasteiger partial charge in [0.2, 0.25) is 5.82 Å². The molecular weight excluding hydrogens is 456 g/mol. The van der Waals surface area contributed by atoms with E-state index in [4.69, 9.17) is 9.47 Å². The van der Waals surface area contributed by atoms with Crippen molar-refractivity contribution >= 4 is 0 Å². The highest BCUT2D eigenvalue weighted by atomic mass is 19.2. The molecule has 6 heteroatoms. The number of halogens is 4. The maximum absolute atomic E-state index is 14.7. The minimum Gasteiger partial charge on any atom is -0.491 e. The molecule has 0 aromatic heterocycles. The Kier molecular flexibility index (Phi) is 7.39. The van der Waals surface area contributed by atoms with Gasteiger partial charge in [0, 0.05) is 16.7 Å². The molecule has 0 aliphatic rings. The molecule has 0 atom stereocenters. The highest BCUT2D eigenvalue weighted by Gasteiger charge is 2.17. The quantitative estimate of drug-likeness (QED) is 0.237. The number of rotatable bonds is 8. The third kappa shape index (κ3) is 5.16. The number of aryl methyl sites for hydroxylation is 1. The van der Waals surface area contributed by atoms with Crippen molar-refractivity contribution in [2.45, 2.75) is 26.9 Å². The lowest BCUT2D eigenvalue weighted by Gasteiger charge is -2.12. The van der Waals surface area contributed by atoms with Crippen LogP contribution in [0.2, 0.25) is 0 Å². The van der Waals surface area contributed by atoms with E-state index in [1.807, 2.05) is 19.1 Å². The number of ether oxygens (including phenoxy) is 2. The first kappa shape index (κ1) is 24.3. The standard InChI is InChI=1S/C29H24F4O2/c1-3-18-5-7-19(8-6-18)23-14-11-21(26(30)27(23)31)17-35-22-12-9-20(10-13-22)24-15-16-25(34-4-2)29(33)28(24)32/h5-16H,3-4,17H2,1-2H3. The lowest BCUT2D eigenvalue weighted by atomic mass is 10.0. The maximum atomic E-state index is 14.7. The molecule has 35 heavy (non-hydrogen) atoms. The van der Waals surface area contributed by atoms with Gasteiger partial charge in [0.05, 0.1) is 6.61 Å². The summed E-state index contributed by atoms with van der Waals surface area (Å²) in [7, 11) is 0. The Morgan fingerprint density at radius 3 is 1.74 bits per heavy atom. The summed E-state index contributed by atoms with van der Waals surface area (Å²) >= 11 is 0. The second-order valence-electron chi connectivity index (χ2n) is 7.94. The molecule has 0 aliphatic carbocycles. The Bertz CT molecular complexity index is 1320. The fraction of sp³-hybridized carbons (Fsp3) is 0.172. The van der Waals surface area contributed by atoms with Gasteiger partial charge in [-0.25, -0.2) is 13.2 Å². The van der Waals surface area contributed by atoms with Gasteiger partial charge >= 0.3 is 0 Å². The molecular formula is C29H24F4O2. The topological polar surface area (TPSA) is 18.5 Å². The first-order valence-corrected chi connectivity index (χ1v) is 11.3. The normalized spacial score (nSPS) is 10.9. The van der Waals surface area contributed by atoms with E-state index in [1.54, 1.807) is 43.3 Å². The minimum absolute atomic E-state index is 0.0696. The van der Waals surface area contributed by atoms with Crippen molar-refractivity contribution in [3.05, 3.63) is 107 Å². The largest absolute Gasteiger partial charge is 0.491 e. The van der Waals surface area contributed by atoms with Gasteiger partial charge in [0.25, 0.3) is 0 Å². The molecule has 0 amide bonds. The van der Waals surface area contributed by atoms with Crippen LogP contribution >= 0.6 is 0 Å². The van der Waals surface area contributed by atoms with Crippen molar-refractivity contribution in [2.24, 2.45) is 0 Å². The molecule has 0 spiro atoms. The van der Waals surface area contributed by atoms with Gasteiger partial charge in [-0.05, 0) is 54.3 Å². The second-order valence-corrected chi connectivity index (χ2v) is 7.94. The fourth-order valence-electron chi connectivity index (χ4n) is 3.76. The molecule has 0 radical (unpaired) electrons. The molecule has 0 fully saturated rings. The van der Waals surface area contributed by atoms with Crippen molar-refractivity contribution < 1.29 is 27.0 Å². The van der Waals surface area contributed by atoms with Gasteiger partial charge in [0.1, 0.15) is 12.4 Å². The number of benzene rings is 4. The van der Waals surface area contributed by atoms with Crippen molar-refractivity contribution in [1.29, 1.82) is 0 Å². The van der Waals surface area contributed by atoms with E-state index in [0.29, 0.717) is 16.9 Å². The molecule has 4 rings (SSSR count). The van der Waals surface area contributed by atoms with Gasteiger partial charge < -0.3 is 9.47 Å². The second kappa shape index (κ2) is 10.6. The average Bonchev–Trinajstić information content (AvgIpc) is 2.88. The summed E-state index contributed by atoms with van der Waals surface area (Å²) in [6.07, 6.45) is 0.862. The van der Waals surface area contributed by atoms with E-state index in [9.17, 15) is 17.6 Å². The first-order chi connectivity index (χ1) is 16.9. The third-order valence-corrected chi connectivity index (χ3v) is 5.74. The zero-order valence-electron chi connectivity index (χ0n) is 19.4. The van der Waals surface area contributed by atoms with Crippen LogP contribution in [-0.2, 0) is 13.0 Å². The Hall–Kier alpha value is -3.80.